The number of hydrogen-bond donors (Lipinski definition) is 0. The molecule has 1 aromatic heterocycles. The van der Waals surface area contributed by atoms with Crippen molar-refractivity contribution < 1.29 is 18.7 Å². The molecule has 1 amide bonds. The topological polar surface area (TPSA) is 68.0 Å². The molecule has 0 spiro atoms. The lowest BCUT2D eigenvalue weighted by Crippen LogP contribution is -2.33. The Kier molecular flexibility index (Phi) is 5.90. The molecule has 1 aliphatic rings. The molecule has 2 aromatic carbocycles. The van der Waals surface area contributed by atoms with Crippen LogP contribution in [0.4, 0.5) is 0 Å². The van der Waals surface area contributed by atoms with Gasteiger partial charge in [0.15, 0.2) is 12.3 Å². The fourth-order valence-corrected chi connectivity index (χ4v) is 3.88. The summed E-state index contributed by atoms with van der Waals surface area (Å²) in [5.74, 6) is 2.24. The number of ether oxygens (including phenoxy) is 2. The van der Waals surface area contributed by atoms with Gasteiger partial charge in [-0.25, -0.2) is 4.98 Å². The molecule has 30 heavy (non-hydrogen) atoms. The van der Waals surface area contributed by atoms with E-state index in [2.05, 4.69) is 16.9 Å². The van der Waals surface area contributed by atoms with Gasteiger partial charge < -0.3 is 23.7 Å². The zero-order valence-corrected chi connectivity index (χ0v) is 17.6. The Morgan fingerprint density at radius 3 is 2.73 bits per heavy atom. The fraction of sp³-hybridized carbons (Fsp3) is 0.391. The summed E-state index contributed by atoms with van der Waals surface area (Å²) < 4.78 is 16.6. The highest BCUT2D eigenvalue weighted by Gasteiger charge is 2.24. The first-order valence-corrected chi connectivity index (χ1v) is 10.1. The van der Waals surface area contributed by atoms with Gasteiger partial charge >= 0.3 is 0 Å². The third-order valence-corrected chi connectivity index (χ3v) is 5.52. The van der Waals surface area contributed by atoms with Crippen molar-refractivity contribution in [3.8, 4) is 11.5 Å². The summed E-state index contributed by atoms with van der Waals surface area (Å²) in [5.41, 5.74) is 0.311. The van der Waals surface area contributed by atoms with Gasteiger partial charge in [0.25, 0.3) is 5.91 Å². The maximum Gasteiger partial charge on any atom is 0.275 e. The second-order valence-corrected chi connectivity index (χ2v) is 7.89. The minimum atomic E-state index is -0.127. The molecule has 0 aliphatic carbocycles. The lowest BCUT2D eigenvalue weighted by atomic mass is 10.1. The Morgan fingerprint density at radius 2 is 2.00 bits per heavy atom. The minimum Gasteiger partial charge on any atom is -0.497 e. The highest BCUT2D eigenvalue weighted by Crippen LogP contribution is 2.25. The van der Waals surface area contributed by atoms with Crippen LogP contribution >= 0.6 is 0 Å². The predicted octanol–water partition coefficient (Wildman–Crippen LogP) is 3.44. The van der Waals surface area contributed by atoms with Gasteiger partial charge in [-0.2, -0.15) is 0 Å². The average molecular weight is 409 g/mol. The number of hydrogen-bond acceptors (Lipinski definition) is 6. The van der Waals surface area contributed by atoms with Gasteiger partial charge in [-0.05, 0) is 61.0 Å². The largest absolute Gasteiger partial charge is 0.497 e. The molecule has 2 heterocycles. The van der Waals surface area contributed by atoms with Crippen molar-refractivity contribution in [3.05, 3.63) is 54.2 Å². The van der Waals surface area contributed by atoms with E-state index >= 15 is 0 Å². The second-order valence-electron chi connectivity index (χ2n) is 7.89. The number of carbonyl (C=O) groups excluding carboxylic acids is 1. The van der Waals surface area contributed by atoms with E-state index in [1.807, 2.05) is 43.4 Å². The Balaban J connectivity index is 1.36. The summed E-state index contributed by atoms with van der Waals surface area (Å²) in [6.45, 7) is 2.98. The van der Waals surface area contributed by atoms with E-state index in [9.17, 15) is 4.79 Å². The zero-order valence-electron chi connectivity index (χ0n) is 17.6. The van der Waals surface area contributed by atoms with Gasteiger partial charge in [-0.1, -0.05) is 12.1 Å². The number of oxazole rings is 1. The maximum atomic E-state index is 12.6. The number of nitrogens with zero attached hydrogens (tertiary/aromatic N) is 3. The van der Waals surface area contributed by atoms with E-state index in [1.54, 1.807) is 12.0 Å². The summed E-state index contributed by atoms with van der Waals surface area (Å²) in [6.07, 6.45) is 2.52. The average Bonchev–Trinajstić information content (AvgIpc) is 3.40. The van der Waals surface area contributed by atoms with Crippen LogP contribution in [-0.4, -0.2) is 61.5 Å². The molecule has 158 valence electrons. The molecule has 3 aromatic rings. The van der Waals surface area contributed by atoms with Crippen LogP contribution in [0.2, 0.25) is 0 Å². The number of benzene rings is 2. The number of fused-ring (bicyclic) bond motifs is 1. The molecular weight excluding hydrogens is 382 g/mol. The smallest absolute Gasteiger partial charge is 0.275 e. The summed E-state index contributed by atoms with van der Waals surface area (Å²) in [4.78, 5) is 21.0. The molecular formula is C23H27N3O4. The van der Waals surface area contributed by atoms with Crippen LogP contribution in [0.5, 0.6) is 11.5 Å². The molecule has 7 nitrogen and oxygen atoms in total. The SMILES string of the molecule is COc1ccc2ccc(OCc3nc(C(=O)N(C)C[C@H]4CCN(C)C4)co3)cc2c1. The van der Waals surface area contributed by atoms with E-state index in [1.165, 1.54) is 6.26 Å². The van der Waals surface area contributed by atoms with E-state index in [0.717, 1.165) is 42.6 Å². The van der Waals surface area contributed by atoms with E-state index < -0.39 is 0 Å². The third-order valence-electron chi connectivity index (χ3n) is 5.52. The fourth-order valence-electron chi connectivity index (χ4n) is 3.88. The van der Waals surface area contributed by atoms with Gasteiger partial charge in [0.1, 0.15) is 17.8 Å². The lowest BCUT2D eigenvalue weighted by molar-refractivity contribution is 0.0768. The molecule has 0 saturated carbocycles. The third kappa shape index (κ3) is 4.57. The number of rotatable bonds is 7. The minimum absolute atomic E-state index is 0.127. The zero-order chi connectivity index (χ0) is 21.1. The molecule has 1 atom stereocenters. The van der Waals surface area contributed by atoms with E-state index in [-0.39, 0.29) is 12.5 Å². The number of likely N-dealkylation sites (tertiary alicyclic amines) is 1. The van der Waals surface area contributed by atoms with Crippen LogP contribution in [0, 0.1) is 5.92 Å². The predicted molar refractivity (Wildman–Crippen MR) is 114 cm³/mol. The van der Waals surface area contributed by atoms with Crippen LogP contribution in [0.3, 0.4) is 0 Å². The van der Waals surface area contributed by atoms with Crippen LogP contribution in [0.15, 0.2) is 47.1 Å². The van der Waals surface area contributed by atoms with Crippen molar-refractivity contribution >= 4 is 16.7 Å². The quantitative estimate of drug-likeness (QED) is 0.596. The van der Waals surface area contributed by atoms with Crippen molar-refractivity contribution in [1.82, 2.24) is 14.8 Å². The van der Waals surface area contributed by atoms with Crippen LogP contribution in [0.25, 0.3) is 10.8 Å². The van der Waals surface area contributed by atoms with E-state index in [4.69, 9.17) is 13.9 Å². The number of aromatic nitrogens is 1. The molecule has 0 unspecified atom stereocenters. The van der Waals surface area contributed by atoms with Crippen LogP contribution in [-0.2, 0) is 6.61 Å². The molecule has 0 N–H and O–H groups in total. The van der Waals surface area contributed by atoms with Crippen molar-refractivity contribution in [2.75, 3.05) is 40.8 Å². The van der Waals surface area contributed by atoms with Gasteiger partial charge in [0, 0.05) is 20.1 Å². The molecule has 4 rings (SSSR count). The first-order chi connectivity index (χ1) is 14.5. The Labute approximate surface area is 176 Å². The number of amides is 1. The van der Waals surface area contributed by atoms with Gasteiger partial charge in [0.2, 0.25) is 5.89 Å². The summed E-state index contributed by atoms with van der Waals surface area (Å²) in [6, 6.07) is 11.7. The van der Waals surface area contributed by atoms with Crippen LogP contribution < -0.4 is 9.47 Å². The van der Waals surface area contributed by atoms with Crippen molar-refractivity contribution in [3.63, 3.8) is 0 Å². The van der Waals surface area contributed by atoms with Gasteiger partial charge in [-0.15, -0.1) is 0 Å². The highest BCUT2D eigenvalue weighted by molar-refractivity contribution is 5.91. The number of carbonyl (C=O) groups is 1. The Hall–Kier alpha value is -3.06. The second kappa shape index (κ2) is 8.75. The van der Waals surface area contributed by atoms with Crippen LogP contribution in [0.1, 0.15) is 22.8 Å². The first kappa shape index (κ1) is 20.2. The molecule has 7 heteroatoms. The first-order valence-electron chi connectivity index (χ1n) is 10.1. The Morgan fingerprint density at radius 1 is 1.23 bits per heavy atom. The van der Waals surface area contributed by atoms with Gasteiger partial charge in [-0.3, -0.25) is 4.79 Å². The van der Waals surface area contributed by atoms with Gasteiger partial charge in [0.05, 0.1) is 7.11 Å². The monoisotopic (exact) mass is 409 g/mol. The molecule has 0 radical (unpaired) electrons. The molecule has 0 bridgehead atoms. The molecule has 1 fully saturated rings. The molecule has 1 saturated heterocycles. The number of methoxy groups -OCH3 is 1. The summed E-state index contributed by atoms with van der Waals surface area (Å²) >= 11 is 0. The summed E-state index contributed by atoms with van der Waals surface area (Å²) in [5, 5.41) is 2.12. The summed E-state index contributed by atoms with van der Waals surface area (Å²) in [7, 11) is 5.57. The Bertz CT molecular complexity index is 1030. The lowest BCUT2D eigenvalue weighted by Gasteiger charge is -2.20. The standard InChI is InChI=1S/C23H27N3O4/c1-25-9-8-16(12-25)13-26(2)23(27)21-14-30-22(24-21)15-29-20-7-5-17-4-6-19(28-3)10-18(17)11-20/h4-7,10-11,14,16H,8-9,12-13,15H2,1-3H3/t16-/m0/s1. The van der Waals surface area contributed by atoms with E-state index in [0.29, 0.717) is 23.3 Å². The van der Waals surface area contributed by atoms with Crippen molar-refractivity contribution in [2.45, 2.75) is 13.0 Å². The van der Waals surface area contributed by atoms with Crippen molar-refractivity contribution in [1.29, 1.82) is 0 Å². The van der Waals surface area contributed by atoms with Crippen molar-refractivity contribution in [2.24, 2.45) is 5.92 Å². The normalized spacial score (nSPS) is 16.7. The highest BCUT2D eigenvalue weighted by atomic mass is 16.5. The molecule has 1 aliphatic heterocycles. The maximum absolute atomic E-state index is 12.6.